The van der Waals surface area contributed by atoms with E-state index in [0.717, 1.165) is 11.3 Å². The molecule has 5 heteroatoms. The summed E-state index contributed by atoms with van der Waals surface area (Å²) in [5.74, 6) is -0.165. The summed E-state index contributed by atoms with van der Waals surface area (Å²) in [7, 11) is 0. The highest BCUT2D eigenvalue weighted by molar-refractivity contribution is 5.93. The van der Waals surface area contributed by atoms with Crippen LogP contribution in [0.15, 0.2) is 23.3 Å². The van der Waals surface area contributed by atoms with Crippen LogP contribution in [0, 0.1) is 19.8 Å². The minimum Gasteiger partial charge on any atom is -0.326 e. The molecule has 1 rings (SSSR count). The van der Waals surface area contributed by atoms with Crippen molar-refractivity contribution < 1.29 is 9.59 Å². The largest absolute Gasteiger partial charge is 0.326 e. The molecule has 114 valence electrons. The van der Waals surface area contributed by atoms with Gasteiger partial charge in [0.1, 0.15) is 0 Å². The number of benzene rings is 1. The monoisotopic (exact) mass is 289 g/mol. The Bertz CT molecular complexity index is 536. The van der Waals surface area contributed by atoms with E-state index >= 15 is 0 Å². The molecule has 2 N–H and O–H groups in total. The molecule has 0 saturated carbocycles. The topological polar surface area (TPSA) is 70.6 Å². The van der Waals surface area contributed by atoms with Gasteiger partial charge in [-0.2, -0.15) is 5.10 Å². The van der Waals surface area contributed by atoms with Gasteiger partial charge in [0.2, 0.25) is 11.8 Å². The molecular formula is C16H23N3O2. The minimum absolute atomic E-state index is 0.117. The van der Waals surface area contributed by atoms with Crippen molar-refractivity contribution >= 4 is 23.7 Å². The zero-order chi connectivity index (χ0) is 15.8. The second-order valence-corrected chi connectivity index (χ2v) is 5.40. The van der Waals surface area contributed by atoms with Crippen molar-refractivity contribution in [3.05, 3.63) is 29.3 Å². The van der Waals surface area contributed by atoms with Crippen molar-refractivity contribution in [2.75, 3.05) is 5.32 Å². The number of carbonyl (C=O) groups excluding carboxylic acids is 2. The van der Waals surface area contributed by atoms with Crippen LogP contribution in [-0.4, -0.2) is 18.0 Å². The molecule has 0 saturated heterocycles. The summed E-state index contributed by atoms with van der Waals surface area (Å²) in [5, 5.41) is 6.58. The van der Waals surface area contributed by atoms with Gasteiger partial charge in [-0.05, 0) is 43.0 Å². The lowest BCUT2D eigenvalue weighted by molar-refractivity contribution is -0.124. The molecule has 0 atom stereocenters. The molecule has 0 unspecified atom stereocenters. The SMILES string of the molecule is Cc1ccc(NC(=O)CCC(=O)N/N=C/C(C)C)cc1C. The summed E-state index contributed by atoms with van der Waals surface area (Å²) in [6.07, 6.45) is 1.90. The number of carbonyl (C=O) groups is 2. The summed E-state index contributed by atoms with van der Waals surface area (Å²) in [4.78, 5) is 23.2. The summed E-state index contributed by atoms with van der Waals surface area (Å²) in [5.41, 5.74) is 5.45. The smallest absolute Gasteiger partial charge is 0.240 e. The van der Waals surface area contributed by atoms with Crippen LogP contribution in [0.2, 0.25) is 0 Å². The third-order valence-corrected chi connectivity index (χ3v) is 2.93. The van der Waals surface area contributed by atoms with E-state index in [1.165, 1.54) is 5.56 Å². The van der Waals surface area contributed by atoms with Crippen LogP contribution in [0.5, 0.6) is 0 Å². The first-order valence-electron chi connectivity index (χ1n) is 7.07. The second kappa shape index (κ2) is 8.19. The normalized spacial score (nSPS) is 10.9. The van der Waals surface area contributed by atoms with Crippen molar-refractivity contribution in [2.24, 2.45) is 11.0 Å². The Hall–Kier alpha value is -2.17. The van der Waals surface area contributed by atoms with Crippen molar-refractivity contribution in [1.82, 2.24) is 5.43 Å². The van der Waals surface area contributed by atoms with Gasteiger partial charge in [0.15, 0.2) is 0 Å². The Morgan fingerprint density at radius 2 is 1.81 bits per heavy atom. The van der Waals surface area contributed by atoms with E-state index in [1.807, 2.05) is 45.9 Å². The fraction of sp³-hybridized carbons (Fsp3) is 0.438. The number of nitrogens with zero attached hydrogens (tertiary/aromatic N) is 1. The van der Waals surface area contributed by atoms with Crippen LogP contribution in [0.3, 0.4) is 0 Å². The molecule has 0 aliphatic carbocycles. The van der Waals surface area contributed by atoms with E-state index in [4.69, 9.17) is 0 Å². The van der Waals surface area contributed by atoms with Crippen molar-refractivity contribution in [2.45, 2.75) is 40.5 Å². The van der Waals surface area contributed by atoms with E-state index in [1.54, 1.807) is 6.21 Å². The first kappa shape index (κ1) is 16.9. The lowest BCUT2D eigenvalue weighted by atomic mass is 10.1. The summed E-state index contributed by atoms with van der Waals surface area (Å²) >= 11 is 0. The molecule has 2 amide bonds. The van der Waals surface area contributed by atoms with Gasteiger partial charge in [0.25, 0.3) is 0 Å². The quantitative estimate of drug-likeness (QED) is 0.624. The molecule has 0 aromatic heterocycles. The number of anilines is 1. The summed E-state index contributed by atoms with van der Waals surface area (Å²) in [6, 6.07) is 5.73. The Morgan fingerprint density at radius 1 is 1.14 bits per heavy atom. The number of hydrogen-bond donors (Lipinski definition) is 2. The molecule has 1 aromatic carbocycles. The summed E-state index contributed by atoms with van der Waals surface area (Å²) in [6.45, 7) is 7.94. The van der Waals surface area contributed by atoms with Crippen LogP contribution < -0.4 is 10.7 Å². The highest BCUT2D eigenvalue weighted by Crippen LogP contribution is 2.14. The highest BCUT2D eigenvalue weighted by atomic mass is 16.2. The van der Waals surface area contributed by atoms with Gasteiger partial charge in [-0.15, -0.1) is 0 Å². The van der Waals surface area contributed by atoms with Gasteiger partial charge in [-0.25, -0.2) is 5.43 Å². The lowest BCUT2D eigenvalue weighted by Crippen LogP contribution is -2.21. The standard InChI is InChI=1S/C16H23N3O2/c1-11(2)10-17-19-16(21)8-7-15(20)18-14-6-5-12(3)13(4)9-14/h5-6,9-11H,7-8H2,1-4H3,(H,18,20)(H,19,21)/b17-10+. The van der Waals surface area contributed by atoms with Gasteiger partial charge in [-0.3, -0.25) is 9.59 Å². The molecular weight excluding hydrogens is 266 g/mol. The van der Waals surface area contributed by atoms with Gasteiger partial charge in [-0.1, -0.05) is 19.9 Å². The molecule has 0 radical (unpaired) electrons. The van der Waals surface area contributed by atoms with Crippen LogP contribution in [0.25, 0.3) is 0 Å². The van der Waals surface area contributed by atoms with Gasteiger partial charge in [0, 0.05) is 24.7 Å². The molecule has 1 aromatic rings. The number of amides is 2. The Morgan fingerprint density at radius 3 is 2.43 bits per heavy atom. The number of rotatable bonds is 6. The molecule has 21 heavy (non-hydrogen) atoms. The van der Waals surface area contributed by atoms with Crippen molar-refractivity contribution in [3.63, 3.8) is 0 Å². The van der Waals surface area contributed by atoms with Crippen LogP contribution in [-0.2, 0) is 9.59 Å². The fourth-order valence-electron chi connectivity index (χ4n) is 1.58. The maximum absolute atomic E-state index is 11.8. The van der Waals surface area contributed by atoms with Gasteiger partial charge >= 0.3 is 0 Å². The fourth-order valence-corrected chi connectivity index (χ4v) is 1.58. The molecule has 0 bridgehead atoms. The molecule has 0 aliphatic rings. The maximum atomic E-state index is 11.8. The first-order valence-corrected chi connectivity index (χ1v) is 7.07. The Balaban J connectivity index is 2.37. The van der Waals surface area contributed by atoms with Gasteiger partial charge in [0.05, 0.1) is 0 Å². The third kappa shape index (κ3) is 6.70. The average Bonchev–Trinajstić information content (AvgIpc) is 2.40. The lowest BCUT2D eigenvalue weighted by Gasteiger charge is -2.07. The number of nitrogens with one attached hydrogen (secondary N) is 2. The molecule has 5 nitrogen and oxygen atoms in total. The predicted molar refractivity (Wildman–Crippen MR) is 85.3 cm³/mol. The minimum atomic E-state index is -0.262. The van der Waals surface area contributed by atoms with E-state index in [-0.39, 0.29) is 30.6 Å². The Labute approximate surface area is 125 Å². The van der Waals surface area contributed by atoms with E-state index in [0.29, 0.717) is 0 Å². The average molecular weight is 289 g/mol. The number of hydrogen-bond acceptors (Lipinski definition) is 3. The zero-order valence-electron chi connectivity index (χ0n) is 13.1. The summed E-state index contributed by atoms with van der Waals surface area (Å²) < 4.78 is 0. The number of hydrazone groups is 1. The van der Waals surface area contributed by atoms with Crippen LogP contribution in [0.1, 0.15) is 37.8 Å². The zero-order valence-corrected chi connectivity index (χ0v) is 13.1. The van der Waals surface area contributed by atoms with Crippen molar-refractivity contribution in [3.8, 4) is 0 Å². The van der Waals surface area contributed by atoms with E-state index in [2.05, 4.69) is 15.8 Å². The maximum Gasteiger partial charge on any atom is 0.240 e. The van der Waals surface area contributed by atoms with E-state index in [9.17, 15) is 9.59 Å². The predicted octanol–water partition coefficient (Wildman–Crippen LogP) is 2.78. The molecule has 0 spiro atoms. The second-order valence-electron chi connectivity index (χ2n) is 5.40. The van der Waals surface area contributed by atoms with Crippen LogP contribution in [0.4, 0.5) is 5.69 Å². The number of aryl methyl sites for hydroxylation is 2. The Kier molecular flexibility index (Phi) is 6.59. The highest BCUT2D eigenvalue weighted by Gasteiger charge is 2.07. The van der Waals surface area contributed by atoms with Crippen molar-refractivity contribution in [1.29, 1.82) is 0 Å². The molecule has 0 heterocycles. The van der Waals surface area contributed by atoms with Gasteiger partial charge < -0.3 is 5.32 Å². The third-order valence-electron chi connectivity index (χ3n) is 2.93. The van der Waals surface area contributed by atoms with Crippen LogP contribution >= 0.6 is 0 Å². The first-order chi connectivity index (χ1) is 9.88. The van der Waals surface area contributed by atoms with E-state index < -0.39 is 0 Å². The molecule has 0 aliphatic heterocycles. The molecule has 0 fully saturated rings.